The summed E-state index contributed by atoms with van der Waals surface area (Å²) in [5, 5.41) is 11.2. The highest BCUT2D eigenvalue weighted by atomic mass is 32.1. The van der Waals surface area contributed by atoms with Gasteiger partial charge in [-0.05, 0) is 18.6 Å². The number of halogens is 2. The third-order valence-electron chi connectivity index (χ3n) is 2.51. The predicted molar refractivity (Wildman–Crippen MR) is 75.1 cm³/mol. The van der Waals surface area contributed by atoms with E-state index in [2.05, 4.69) is 22.1 Å². The molecule has 0 fully saturated rings. The SMILES string of the molecule is Cc1cc(C(=O)Nc2ncc(C#CCO)s2)c(F)cc1F. The van der Waals surface area contributed by atoms with E-state index in [1.165, 1.54) is 13.1 Å². The van der Waals surface area contributed by atoms with Gasteiger partial charge < -0.3 is 5.11 Å². The number of hydrogen-bond donors (Lipinski definition) is 2. The number of rotatable bonds is 2. The van der Waals surface area contributed by atoms with Crippen molar-refractivity contribution in [2.24, 2.45) is 0 Å². The largest absolute Gasteiger partial charge is 0.384 e. The summed E-state index contributed by atoms with van der Waals surface area (Å²) in [6.07, 6.45) is 1.43. The first kappa shape index (κ1) is 15.1. The van der Waals surface area contributed by atoms with E-state index >= 15 is 0 Å². The number of aryl methyl sites for hydroxylation is 1. The third kappa shape index (κ3) is 3.62. The molecule has 0 atom stereocenters. The summed E-state index contributed by atoms with van der Waals surface area (Å²) in [6, 6.07) is 1.81. The monoisotopic (exact) mass is 308 g/mol. The van der Waals surface area contributed by atoms with E-state index in [1.807, 2.05) is 0 Å². The maximum absolute atomic E-state index is 13.6. The Bertz CT molecular complexity index is 747. The minimum Gasteiger partial charge on any atom is -0.384 e. The Labute approximate surface area is 123 Å². The van der Waals surface area contributed by atoms with Gasteiger partial charge in [-0.2, -0.15) is 0 Å². The van der Waals surface area contributed by atoms with E-state index in [-0.39, 0.29) is 22.9 Å². The van der Waals surface area contributed by atoms with Crippen LogP contribution < -0.4 is 5.32 Å². The highest BCUT2D eigenvalue weighted by Gasteiger charge is 2.15. The molecule has 4 nitrogen and oxygen atoms in total. The maximum Gasteiger partial charge on any atom is 0.260 e. The first-order valence-electron chi connectivity index (χ1n) is 5.84. The number of anilines is 1. The molecule has 108 valence electrons. The minimum atomic E-state index is -0.938. The molecule has 2 N–H and O–H groups in total. The molecule has 0 aliphatic heterocycles. The molecular formula is C14H10F2N2O2S. The van der Waals surface area contributed by atoms with E-state index in [9.17, 15) is 13.6 Å². The number of aromatic nitrogens is 1. The van der Waals surface area contributed by atoms with Crippen LogP contribution >= 0.6 is 11.3 Å². The zero-order valence-corrected chi connectivity index (χ0v) is 11.7. The number of amides is 1. The molecular weight excluding hydrogens is 298 g/mol. The van der Waals surface area contributed by atoms with Crippen molar-refractivity contribution < 1.29 is 18.7 Å². The van der Waals surface area contributed by atoms with Gasteiger partial charge in [0.2, 0.25) is 0 Å². The number of aliphatic hydroxyl groups excluding tert-OH is 1. The quantitative estimate of drug-likeness (QED) is 0.837. The molecule has 0 bridgehead atoms. The fourth-order valence-corrected chi connectivity index (χ4v) is 2.20. The second-order valence-electron chi connectivity index (χ2n) is 4.02. The summed E-state index contributed by atoms with van der Waals surface area (Å²) in [4.78, 5) is 16.4. The van der Waals surface area contributed by atoms with Crippen LogP contribution in [0.25, 0.3) is 0 Å². The average Bonchev–Trinajstić information content (AvgIpc) is 2.88. The van der Waals surface area contributed by atoms with E-state index in [0.717, 1.165) is 17.4 Å². The van der Waals surface area contributed by atoms with Crippen molar-refractivity contribution in [2.45, 2.75) is 6.92 Å². The highest BCUT2D eigenvalue weighted by Crippen LogP contribution is 2.20. The molecule has 0 radical (unpaired) electrons. The fourth-order valence-electron chi connectivity index (χ4n) is 1.51. The summed E-state index contributed by atoms with van der Waals surface area (Å²) in [5.41, 5.74) is -0.0812. The van der Waals surface area contributed by atoms with Gasteiger partial charge in [0.25, 0.3) is 5.91 Å². The molecule has 2 aromatic rings. The third-order valence-corrected chi connectivity index (χ3v) is 3.34. The van der Waals surface area contributed by atoms with Crippen molar-refractivity contribution in [1.82, 2.24) is 4.98 Å². The van der Waals surface area contributed by atoms with Crippen molar-refractivity contribution in [2.75, 3.05) is 11.9 Å². The standard InChI is InChI=1S/C14H10F2N2O2S/c1-8-5-10(12(16)6-11(8)15)13(20)18-14-17-7-9(21-14)3-2-4-19/h5-7,19H,4H2,1H3,(H,17,18,20). The van der Waals surface area contributed by atoms with Gasteiger partial charge in [-0.3, -0.25) is 10.1 Å². The lowest BCUT2D eigenvalue weighted by atomic mass is 10.1. The lowest BCUT2D eigenvalue weighted by Crippen LogP contribution is -2.14. The fraction of sp³-hybridized carbons (Fsp3) is 0.143. The molecule has 1 aromatic heterocycles. The molecule has 0 spiro atoms. The second kappa shape index (κ2) is 6.43. The Balaban J connectivity index is 2.18. The highest BCUT2D eigenvalue weighted by molar-refractivity contribution is 7.16. The van der Waals surface area contributed by atoms with Gasteiger partial charge in [0, 0.05) is 6.07 Å². The van der Waals surface area contributed by atoms with Gasteiger partial charge in [0.1, 0.15) is 18.2 Å². The van der Waals surface area contributed by atoms with E-state index in [4.69, 9.17) is 5.11 Å². The first-order valence-corrected chi connectivity index (χ1v) is 6.65. The summed E-state index contributed by atoms with van der Waals surface area (Å²) in [6.45, 7) is 1.16. The number of nitrogens with one attached hydrogen (secondary N) is 1. The van der Waals surface area contributed by atoms with Crippen molar-refractivity contribution in [3.8, 4) is 11.8 Å². The Morgan fingerprint density at radius 1 is 1.43 bits per heavy atom. The second-order valence-corrected chi connectivity index (χ2v) is 5.06. The van der Waals surface area contributed by atoms with Gasteiger partial charge in [0.05, 0.1) is 16.6 Å². The first-order chi connectivity index (χ1) is 10.0. The van der Waals surface area contributed by atoms with Crippen LogP contribution in [-0.4, -0.2) is 22.6 Å². The smallest absolute Gasteiger partial charge is 0.260 e. The summed E-state index contributed by atoms with van der Waals surface area (Å²) < 4.78 is 26.7. The molecule has 21 heavy (non-hydrogen) atoms. The number of thiazole rings is 1. The number of hydrogen-bond acceptors (Lipinski definition) is 4. The Morgan fingerprint density at radius 3 is 2.90 bits per heavy atom. The molecule has 1 heterocycles. The molecule has 2 rings (SSSR count). The van der Waals surface area contributed by atoms with Crippen LogP contribution in [0.2, 0.25) is 0 Å². The average molecular weight is 308 g/mol. The molecule has 0 unspecified atom stereocenters. The zero-order chi connectivity index (χ0) is 15.4. The number of benzene rings is 1. The van der Waals surface area contributed by atoms with E-state index in [0.29, 0.717) is 10.9 Å². The zero-order valence-electron chi connectivity index (χ0n) is 10.9. The molecule has 7 heteroatoms. The predicted octanol–water partition coefficient (Wildman–Crippen LogP) is 2.33. The van der Waals surface area contributed by atoms with Crippen LogP contribution in [0.15, 0.2) is 18.3 Å². The van der Waals surface area contributed by atoms with Crippen LogP contribution in [-0.2, 0) is 0 Å². The van der Waals surface area contributed by atoms with Crippen LogP contribution in [0, 0.1) is 30.4 Å². The Hall–Kier alpha value is -2.30. The van der Waals surface area contributed by atoms with Gasteiger partial charge in [-0.1, -0.05) is 23.2 Å². The van der Waals surface area contributed by atoms with Gasteiger partial charge in [-0.25, -0.2) is 13.8 Å². The van der Waals surface area contributed by atoms with Crippen molar-refractivity contribution >= 4 is 22.4 Å². The Kier molecular flexibility index (Phi) is 4.62. The summed E-state index contributed by atoms with van der Waals surface area (Å²) in [7, 11) is 0. The number of aliphatic hydroxyl groups is 1. The molecule has 0 aliphatic carbocycles. The lowest BCUT2D eigenvalue weighted by molar-refractivity contribution is 0.102. The lowest BCUT2D eigenvalue weighted by Gasteiger charge is -2.05. The summed E-state index contributed by atoms with van der Waals surface area (Å²) >= 11 is 1.08. The normalized spacial score (nSPS) is 9.90. The molecule has 1 aromatic carbocycles. The number of nitrogens with zero attached hydrogens (tertiary/aromatic N) is 1. The number of carbonyl (C=O) groups is 1. The Morgan fingerprint density at radius 2 is 2.19 bits per heavy atom. The van der Waals surface area contributed by atoms with Crippen molar-refractivity contribution in [3.63, 3.8) is 0 Å². The molecule has 1 amide bonds. The van der Waals surface area contributed by atoms with Crippen LogP contribution in [0.1, 0.15) is 20.8 Å². The molecule has 0 saturated carbocycles. The van der Waals surface area contributed by atoms with E-state index in [1.54, 1.807) is 0 Å². The summed E-state index contributed by atoms with van der Waals surface area (Å²) in [5.74, 6) is 2.72. The maximum atomic E-state index is 13.6. The van der Waals surface area contributed by atoms with Crippen LogP contribution in [0.3, 0.4) is 0 Å². The minimum absolute atomic E-state index is 0.176. The van der Waals surface area contributed by atoms with Gasteiger partial charge in [0.15, 0.2) is 5.13 Å². The van der Waals surface area contributed by atoms with Crippen molar-refractivity contribution in [1.29, 1.82) is 0 Å². The van der Waals surface area contributed by atoms with Crippen LogP contribution in [0.5, 0.6) is 0 Å². The van der Waals surface area contributed by atoms with Gasteiger partial charge >= 0.3 is 0 Å². The topological polar surface area (TPSA) is 62.2 Å². The van der Waals surface area contributed by atoms with Crippen molar-refractivity contribution in [3.05, 3.63) is 46.0 Å². The van der Waals surface area contributed by atoms with Gasteiger partial charge in [-0.15, -0.1) is 0 Å². The molecule has 0 saturated heterocycles. The van der Waals surface area contributed by atoms with Crippen LogP contribution in [0.4, 0.5) is 13.9 Å². The number of carbonyl (C=O) groups excluding carboxylic acids is 1. The molecule has 0 aliphatic rings. The van der Waals surface area contributed by atoms with E-state index < -0.39 is 17.5 Å².